The van der Waals surface area contributed by atoms with Crippen molar-refractivity contribution in [3.05, 3.63) is 28.8 Å². The Morgan fingerprint density at radius 3 is 2.15 bits per heavy atom. The maximum Gasteiger partial charge on any atom is -0.0237 e. The van der Waals surface area contributed by atoms with E-state index in [0.29, 0.717) is 0 Å². The molecule has 1 aromatic carbocycles. The van der Waals surface area contributed by atoms with Crippen LogP contribution < -0.4 is 5.30 Å². The standard InChI is InChI=1S/C12H19P/c1-8(2)13-12-7-6-9(3)10(4)11(12)5/h6-8,13H,1-5H3. The van der Waals surface area contributed by atoms with E-state index in [2.05, 4.69) is 46.8 Å². The van der Waals surface area contributed by atoms with Gasteiger partial charge in [0.25, 0.3) is 0 Å². The minimum absolute atomic E-state index is 0.779. The number of hydrogen-bond acceptors (Lipinski definition) is 0. The van der Waals surface area contributed by atoms with Gasteiger partial charge in [0.2, 0.25) is 0 Å². The van der Waals surface area contributed by atoms with E-state index < -0.39 is 0 Å². The normalized spacial score (nSPS) is 11.8. The molecule has 0 amide bonds. The Kier molecular flexibility index (Phi) is 3.50. The first-order valence-electron chi connectivity index (χ1n) is 4.85. The number of benzene rings is 1. The van der Waals surface area contributed by atoms with E-state index in [0.717, 1.165) is 14.2 Å². The van der Waals surface area contributed by atoms with Crippen LogP contribution in [0.25, 0.3) is 0 Å². The molecule has 1 aromatic rings. The lowest BCUT2D eigenvalue weighted by atomic mass is 10.1. The lowest BCUT2D eigenvalue weighted by Crippen LogP contribution is -2.06. The van der Waals surface area contributed by atoms with Gasteiger partial charge in [0.05, 0.1) is 0 Å². The van der Waals surface area contributed by atoms with Crippen molar-refractivity contribution in [1.82, 2.24) is 0 Å². The fourth-order valence-corrected chi connectivity index (χ4v) is 2.63. The van der Waals surface area contributed by atoms with Gasteiger partial charge in [0.1, 0.15) is 0 Å². The van der Waals surface area contributed by atoms with E-state index in [-0.39, 0.29) is 0 Å². The van der Waals surface area contributed by atoms with Crippen molar-refractivity contribution in [3.63, 3.8) is 0 Å². The molecule has 0 saturated heterocycles. The third-order valence-corrected chi connectivity index (χ3v) is 3.93. The Labute approximate surface area is 83.5 Å². The SMILES string of the molecule is Cc1ccc(PC(C)C)c(C)c1C. The van der Waals surface area contributed by atoms with E-state index in [4.69, 9.17) is 0 Å². The molecule has 72 valence electrons. The summed E-state index contributed by atoms with van der Waals surface area (Å²) in [6, 6.07) is 4.53. The van der Waals surface area contributed by atoms with E-state index in [1.807, 2.05) is 0 Å². The zero-order valence-electron chi connectivity index (χ0n) is 9.23. The molecular formula is C12H19P. The zero-order valence-corrected chi connectivity index (χ0v) is 10.2. The van der Waals surface area contributed by atoms with Gasteiger partial charge >= 0.3 is 0 Å². The van der Waals surface area contributed by atoms with Gasteiger partial charge in [-0.3, -0.25) is 0 Å². The van der Waals surface area contributed by atoms with Gasteiger partial charge in [-0.25, -0.2) is 0 Å². The van der Waals surface area contributed by atoms with Crippen LogP contribution in [0.3, 0.4) is 0 Å². The molecule has 0 saturated carbocycles. The number of hydrogen-bond donors (Lipinski definition) is 0. The molecule has 0 heterocycles. The molecule has 0 bridgehead atoms. The van der Waals surface area contributed by atoms with Crippen molar-refractivity contribution in [1.29, 1.82) is 0 Å². The summed E-state index contributed by atoms with van der Waals surface area (Å²) in [5, 5.41) is 1.54. The van der Waals surface area contributed by atoms with Crippen LogP contribution in [0.5, 0.6) is 0 Å². The zero-order chi connectivity index (χ0) is 10.0. The first kappa shape index (κ1) is 10.7. The summed E-state index contributed by atoms with van der Waals surface area (Å²) in [5.41, 5.74) is 5.15. The van der Waals surface area contributed by atoms with Crippen LogP contribution in [0.1, 0.15) is 30.5 Å². The van der Waals surface area contributed by atoms with Gasteiger partial charge in [0, 0.05) is 0 Å². The Hall–Kier alpha value is -0.350. The van der Waals surface area contributed by atoms with Gasteiger partial charge in [-0.15, -0.1) is 0 Å². The van der Waals surface area contributed by atoms with Crippen LogP contribution >= 0.6 is 8.58 Å². The molecule has 0 N–H and O–H groups in total. The van der Waals surface area contributed by atoms with Crippen LogP contribution in [-0.2, 0) is 0 Å². The maximum atomic E-state index is 2.29. The highest BCUT2D eigenvalue weighted by Crippen LogP contribution is 2.22. The highest BCUT2D eigenvalue weighted by Gasteiger charge is 2.04. The summed E-state index contributed by atoms with van der Waals surface area (Å²) in [7, 11) is 0.952. The van der Waals surface area contributed by atoms with Crippen LogP contribution in [0, 0.1) is 20.8 Å². The Bertz CT molecular complexity index is 300. The Morgan fingerprint density at radius 1 is 1.00 bits per heavy atom. The van der Waals surface area contributed by atoms with Crippen molar-refractivity contribution in [2.75, 3.05) is 0 Å². The van der Waals surface area contributed by atoms with Crippen LogP contribution in [-0.4, -0.2) is 5.66 Å². The smallest absolute Gasteiger partial charge is 0.0237 e. The highest BCUT2D eigenvalue weighted by atomic mass is 31.1. The van der Waals surface area contributed by atoms with Gasteiger partial charge in [-0.2, -0.15) is 0 Å². The van der Waals surface area contributed by atoms with E-state index >= 15 is 0 Å². The summed E-state index contributed by atoms with van der Waals surface area (Å²) in [4.78, 5) is 0. The summed E-state index contributed by atoms with van der Waals surface area (Å²) in [5.74, 6) is 0. The fraction of sp³-hybridized carbons (Fsp3) is 0.500. The summed E-state index contributed by atoms with van der Waals surface area (Å²) >= 11 is 0. The highest BCUT2D eigenvalue weighted by molar-refractivity contribution is 7.48. The number of aryl methyl sites for hydroxylation is 1. The second-order valence-corrected chi connectivity index (χ2v) is 5.96. The molecule has 13 heavy (non-hydrogen) atoms. The molecule has 0 fully saturated rings. The van der Waals surface area contributed by atoms with E-state index in [1.54, 1.807) is 0 Å². The first-order chi connectivity index (χ1) is 6.02. The molecule has 0 radical (unpaired) electrons. The van der Waals surface area contributed by atoms with Gasteiger partial charge in [0.15, 0.2) is 0 Å². The first-order valence-corrected chi connectivity index (χ1v) is 5.93. The predicted molar refractivity (Wildman–Crippen MR) is 63.7 cm³/mol. The molecule has 1 unspecified atom stereocenters. The van der Waals surface area contributed by atoms with Crippen molar-refractivity contribution in [2.24, 2.45) is 0 Å². The summed E-state index contributed by atoms with van der Waals surface area (Å²) in [6.07, 6.45) is 0. The molecule has 1 atom stereocenters. The quantitative estimate of drug-likeness (QED) is 0.633. The second-order valence-electron chi connectivity index (χ2n) is 3.98. The fourth-order valence-electron chi connectivity index (χ4n) is 1.42. The molecule has 1 rings (SSSR count). The molecule has 0 nitrogen and oxygen atoms in total. The molecule has 0 aliphatic heterocycles. The van der Waals surface area contributed by atoms with Gasteiger partial charge in [-0.05, 0) is 48.4 Å². The third-order valence-electron chi connectivity index (χ3n) is 2.50. The maximum absolute atomic E-state index is 2.29. The Balaban J connectivity index is 3.04. The molecule has 0 spiro atoms. The van der Waals surface area contributed by atoms with Crippen LogP contribution in [0.4, 0.5) is 0 Å². The predicted octanol–water partition coefficient (Wildman–Crippen LogP) is 3.32. The van der Waals surface area contributed by atoms with Crippen molar-refractivity contribution < 1.29 is 0 Å². The number of rotatable bonds is 2. The van der Waals surface area contributed by atoms with Gasteiger partial charge in [-0.1, -0.05) is 34.6 Å². The minimum Gasteiger partial charge on any atom is -0.0875 e. The second kappa shape index (κ2) is 4.24. The summed E-state index contributed by atoms with van der Waals surface area (Å²) < 4.78 is 0. The van der Waals surface area contributed by atoms with E-state index in [9.17, 15) is 0 Å². The molecular weight excluding hydrogens is 175 g/mol. The van der Waals surface area contributed by atoms with Crippen molar-refractivity contribution in [2.45, 2.75) is 40.3 Å². The van der Waals surface area contributed by atoms with Crippen molar-refractivity contribution in [3.8, 4) is 0 Å². The molecule has 0 aromatic heterocycles. The summed E-state index contributed by atoms with van der Waals surface area (Å²) in [6.45, 7) is 11.2. The minimum atomic E-state index is 0.779. The largest absolute Gasteiger partial charge is 0.0875 e. The average Bonchev–Trinajstić information content (AvgIpc) is 2.06. The van der Waals surface area contributed by atoms with E-state index in [1.165, 1.54) is 22.0 Å². The van der Waals surface area contributed by atoms with Gasteiger partial charge < -0.3 is 0 Å². The topological polar surface area (TPSA) is 0 Å². The molecule has 0 aliphatic carbocycles. The lowest BCUT2D eigenvalue weighted by Gasteiger charge is -2.12. The van der Waals surface area contributed by atoms with Crippen LogP contribution in [0.15, 0.2) is 12.1 Å². The Morgan fingerprint density at radius 2 is 1.62 bits per heavy atom. The third kappa shape index (κ3) is 2.54. The monoisotopic (exact) mass is 194 g/mol. The molecule has 1 heteroatoms. The lowest BCUT2D eigenvalue weighted by molar-refractivity contribution is 1.11. The molecule has 0 aliphatic rings. The average molecular weight is 194 g/mol. The van der Waals surface area contributed by atoms with Crippen molar-refractivity contribution >= 4 is 13.9 Å². The van der Waals surface area contributed by atoms with Crippen LogP contribution in [0.2, 0.25) is 0 Å².